The number of benzene rings is 1. The van der Waals surface area contributed by atoms with Crippen LogP contribution in [0.3, 0.4) is 0 Å². The summed E-state index contributed by atoms with van der Waals surface area (Å²) in [5.74, 6) is -0.393. The van der Waals surface area contributed by atoms with Crippen molar-refractivity contribution < 1.29 is 17.9 Å². The molecule has 1 unspecified atom stereocenters. The summed E-state index contributed by atoms with van der Waals surface area (Å²) in [5.41, 5.74) is 0.679. The Balaban J connectivity index is 1.72. The Kier molecular flexibility index (Phi) is 6.75. The minimum Gasteiger partial charge on any atom is -0.468 e. The number of nitrogens with zero attached hydrogens (tertiary/aromatic N) is 3. The largest absolute Gasteiger partial charge is 0.468 e. The monoisotopic (exact) mass is 415 g/mol. The molecule has 0 spiro atoms. The number of piperidine rings is 1. The highest BCUT2D eigenvalue weighted by Crippen LogP contribution is 2.30. The van der Waals surface area contributed by atoms with Gasteiger partial charge in [-0.2, -0.15) is 17.0 Å². The highest BCUT2D eigenvalue weighted by atomic mass is 35.5. The molecule has 0 aromatic heterocycles. The minimum absolute atomic E-state index is 0.344. The van der Waals surface area contributed by atoms with E-state index in [0.29, 0.717) is 49.9 Å². The van der Waals surface area contributed by atoms with Crippen LogP contribution in [-0.4, -0.2) is 74.3 Å². The third-order valence-electron chi connectivity index (χ3n) is 5.23. The predicted octanol–water partition coefficient (Wildman–Crippen LogP) is 1.90. The lowest BCUT2D eigenvalue weighted by Crippen LogP contribution is -2.55. The molecule has 0 bridgehead atoms. The Morgan fingerprint density at radius 2 is 1.59 bits per heavy atom. The minimum atomic E-state index is -3.44. The number of piperazine rings is 1. The molecule has 3 rings (SSSR count). The van der Waals surface area contributed by atoms with Crippen molar-refractivity contribution in [2.24, 2.45) is 0 Å². The van der Waals surface area contributed by atoms with E-state index >= 15 is 0 Å². The lowest BCUT2D eigenvalue weighted by atomic mass is 10.0. The van der Waals surface area contributed by atoms with Crippen molar-refractivity contribution >= 4 is 27.8 Å². The van der Waals surface area contributed by atoms with Gasteiger partial charge in [0.15, 0.2) is 0 Å². The molecule has 2 fully saturated rings. The Morgan fingerprint density at radius 3 is 2.19 bits per heavy atom. The Bertz CT molecular complexity index is 760. The lowest BCUT2D eigenvalue weighted by molar-refractivity contribution is -0.147. The molecule has 7 nitrogen and oxygen atoms in total. The van der Waals surface area contributed by atoms with Crippen LogP contribution in [0.2, 0.25) is 5.02 Å². The topological polar surface area (TPSA) is 70.2 Å². The first-order chi connectivity index (χ1) is 12.9. The van der Waals surface area contributed by atoms with Crippen molar-refractivity contribution in [2.75, 3.05) is 46.4 Å². The molecule has 1 aromatic rings. The molecule has 0 aliphatic carbocycles. The van der Waals surface area contributed by atoms with E-state index in [2.05, 4.69) is 0 Å². The first-order valence-corrected chi connectivity index (χ1v) is 11.0. The summed E-state index contributed by atoms with van der Waals surface area (Å²) in [6.07, 6.45) is 2.91. The summed E-state index contributed by atoms with van der Waals surface area (Å²) in [6.45, 7) is 2.75. The average Bonchev–Trinajstić information content (AvgIpc) is 2.70. The van der Waals surface area contributed by atoms with Crippen molar-refractivity contribution in [2.45, 2.75) is 25.3 Å². The van der Waals surface area contributed by atoms with Gasteiger partial charge in [0.2, 0.25) is 0 Å². The van der Waals surface area contributed by atoms with Crippen LogP contribution in [0.5, 0.6) is 0 Å². The molecule has 0 N–H and O–H groups in total. The zero-order valence-corrected chi connectivity index (χ0v) is 17.1. The molecular weight excluding hydrogens is 390 g/mol. The number of rotatable bonds is 5. The summed E-state index contributed by atoms with van der Waals surface area (Å²) in [6, 6.07) is 6.55. The van der Waals surface area contributed by atoms with Gasteiger partial charge >= 0.3 is 5.97 Å². The number of carbonyl (C=O) groups is 1. The summed E-state index contributed by atoms with van der Waals surface area (Å²) >= 11 is 6.29. The summed E-state index contributed by atoms with van der Waals surface area (Å²) in [5, 5.41) is 0.497. The molecule has 2 aliphatic rings. The quantitative estimate of drug-likeness (QED) is 0.687. The van der Waals surface area contributed by atoms with Crippen LogP contribution in [0.15, 0.2) is 24.3 Å². The number of halogens is 1. The predicted molar refractivity (Wildman–Crippen MR) is 104 cm³/mol. The molecular formula is C18H26ClN3O4S. The smallest absolute Gasteiger partial charge is 0.327 e. The molecule has 27 heavy (non-hydrogen) atoms. The van der Waals surface area contributed by atoms with Crippen molar-refractivity contribution in [1.82, 2.24) is 13.5 Å². The van der Waals surface area contributed by atoms with Crippen molar-refractivity contribution in [3.05, 3.63) is 34.9 Å². The van der Waals surface area contributed by atoms with E-state index in [-0.39, 0.29) is 0 Å². The molecule has 9 heteroatoms. The second-order valence-electron chi connectivity index (χ2n) is 6.85. The summed E-state index contributed by atoms with van der Waals surface area (Å²) < 4.78 is 33.8. The number of methoxy groups -OCH3 is 1. The Morgan fingerprint density at radius 1 is 1.00 bits per heavy atom. The highest BCUT2D eigenvalue weighted by Gasteiger charge is 2.37. The normalized spacial score (nSPS) is 21.7. The summed E-state index contributed by atoms with van der Waals surface area (Å²) in [4.78, 5) is 14.4. The standard InChI is InChI=1S/C18H26ClN3O4S/c1-26-18(23)17(15-7-3-4-8-16(15)19)20-11-13-22(14-12-20)27(24,25)21-9-5-2-6-10-21/h3-4,7-8,17H,2,5-6,9-14H2,1H3. The van der Waals surface area contributed by atoms with Gasteiger partial charge in [0, 0.05) is 44.3 Å². The van der Waals surface area contributed by atoms with Gasteiger partial charge < -0.3 is 4.74 Å². The second kappa shape index (κ2) is 8.87. The van der Waals surface area contributed by atoms with Crippen LogP contribution in [0.1, 0.15) is 30.9 Å². The molecule has 0 saturated carbocycles. The fourth-order valence-electron chi connectivity index (χ4n) is 3.73. The van der Waals surface area contributed by atoms with E-state index in [1.807, 2.05) is 17.0 Å². The van der Waals surface area contributed by atoms with E-state index < -0.39 is 22.2 Å². The molecule has 150 valence electrons. The number of ether oxygens (including phenoxy) is 1. The first kappa shape index (κ1) is 20.5. The Labute approximate surface area is 166 Å². The lowest BCUT2D eigenvalue weighted by Gasteiger charge is -2.40. The van der Waals surface area contributed by atoms with Crippen LogP contribution in [0.4, 0.5) is 0 Å². The third kappa shape index (κ3) is 4.46. The first-order valence-electron chi connectivity index (χ1n) is 9.26. The van der Waals surface area contributed by atoms with Gasteiger partial charge in [0.25, 0.3) is 10.2 Å². The summed E-state index contributed by atoms with van der Waals surface area (Å²) in [7, 11) is -2.08. The fraction of sp³-hybridized carbons (Fsp3) is 0.611. The van der Waals surface area contributed by atoms with Crippen molar-refractivity contribution in [1.29, 1.82) is 0 Å². The van der Waals surface area contributed by atoms with Gasteiger partial charge in [0.05, 0.1) is 7.11 Å². The van der Waals surface area contributed by atoms with E-state index in [0.717, 1.165) is 19.3 Å². The number of esters is 1. The molecule has 0 amide bonds. The second-order valence-corrected chi connectivity index (χ2v) is 9.19. The molecule has 2 heterocycles. The zero-order valence-electron chi connectivity index (χ0n) is 15.5. The fourth-order valence-corrected chi connectivity index (χ4v) is 5.64. The van der Waals surface area contributed by atoms with Gasteiger partial charge in [-0.05, 0) is 24.5 Å². The SMILES string of the molecule is COC(=O)C(c1ccccc1Cl)N1CCN(S(=O)(=O)N2CCCCC2)CC1. The molecule has 2 aliphatic heterocycles. The van der Waals surface area contributed by atoms with Gasteiger partial charge in [-0.15, -0.1) is 0 Å². The molecule has 1 aromatic carbocycles. The molecule has 1 atom stereocenters. The van der Waals surface area contributed by atoms with Crippen LogP contribution in [0, 0.1) is 0 Å². The van der Waals surface area contributed by atoms with Gasteiger partial charge in [0.1, 0.15) is 6.04 Å². The van der Waals surface area contributed by atoms with E-state index in [9.17, 15) is 13.2 Å². The van der Waals surface area contributed by atoms with Gasteiger partial charge in [-0.3, -0.25) is 4.90 Å². The van der Waals surface area contributed by atoms with Crippen LogP contribution < -0.4 is 0 Å². The van der Waals surface area contributed by atoms with E-state index in [1.54, 1.807) is 16.4 Å². The van der Waals surface area contributed by atoms with Crippen LogP contribution in [0.25, 0.3) is 0 Å². The van der Waals surface area contributed by atoms with E-state index in [1.165, 1.54) is 11.4 Å². The average molecular weight is 416 g/mol. The van der Waals surface area contributed by atoms with Gasteiger partial charge in [-0.25, -0.2) is 4.79 Å². The maximum atomic E-state index is 12.9. The van der Waals surface area contributed by atoms with Gasteiger partial charge in [-0.1, -0.05) is 36.2 Å². The maximum absolute atomic E-state index is 12.9. The molecule has 0 radical (unpaired) electrons. The Hall–Kier alpha value is -1.19. The molecule has 2 saturated heterocycles. The van der Waals surface area contributed by atoms with Crippen molar-refractivity contribution in [3.8, 4) is 0 Å². The van der Waals surface area contributed by atoms with Crippen LogP contribution in [-0.2, 0) is 19.7 Å². The number of hydrogen-bond donors (Lipinski definition) is 0. The maximum Gasteiger partial charge on any atom is 0.327 e. The zero-order chi connectivity index (χ0) is 19.4. The highest BCUT2D eigenvalue weighted by molar-refractivity contribution is 7.86. The van der Waals surface area contributed by atoms with Crippen LogP contribution >= 0.6 is 11.6 Å². The van der Waals surface area contributed by atoms with Crippen molar-refractivity contribution in [3.63, 3.8) is 0 Å². The third-order valence-corrected chi connectivity index (χ3v) is 7.61. The number of hydrogen-bond acceptors (Lipinski definition) is 5. The van der Waals surface area contributed by atoms with E-state index in [4.69, 9.17) is 16.3 Å². The number of carbonyl (C=O) groups excluding carboxylic acids is 1.